The summed E-state index contributed by atoms with van der Waals surface area (Å²) in [6.07, 6.45) is 2.13. The maximum atomic E-state index is 12.4. The van der Waals surface area contributed by atoms with Crippen LogP contribution in [0.5, 0.6) is 0 Å². The van der Waals surface area contributed by atoms with Gasteiger partial charge in [-0.1, -0.05) is 12.1 Å². The topological polar surface area (TPSA) is 33.5 Å². The smallest absolute Gasteiger partial charge is 0.228 e. The van der Waals surface area contributed by atoms with E-state index in [1.165, 1.54) is 0 Å². The molecule has 3 rings (SSSR count). The molecular formula is C15H15NO2S. The number of furan rings is 1. The Labute approximate surface area is 116 Å². The number of rotatable bonds is 2. The molecule has 1 aromatic heterocycles. The minimum atomic E-state index is 0.0557. The lowest BCUT2D eigenvalue weighted by Crippen LogP contribution is -2.30. The van der Waals surface area contributed by atoms with Crippen molar-refractivity contribution in [3.63, 3.8) is 0 Å². The molecule has 0 spiro atoms. The maximum Gasteiger partial charge on any atom is 0.228 e. The van der Waals surface area contributed by atoms with Gasteiger partial charge in [0, 0.05) is 17.9 Å². The van der Waals surface area contributed by atoms with Gasteiger partial charge < -0.3 is 9.32 Å². The molecule has 1 aromatic carbocycles. The molecule has 2 heterocycles. The summed E-state index contributed by atoms with van der Waals surface area (Å²) in [6, 6.07) is 11.9. The van der Waals surface area contributed by atoms with Crippen LogP contribution in [0.3, 0.4) is 0 Å². The van der Waals surface area contributed by atoms with Crippen molar-refractivity contribution < 1.29 is 9.21 Å². The minimum absolute atomic E-state index is 0.0557. The number of hydrogen-bond acceptors (Lipinski definition) is 3. The molecule has 1 atom stereocenters. The highest BCUT2D eigenvalue weighted by Gasteiger charge is 2.29. The van der Waals surface area contributed by atoms with Gasteiger partial charge in [0.05, 0.1) is 17.2 Å². The fourth-order valence-corrected chi connectivity index (χ4v) is 3.60. The molecule has 0 radical (unpaired) electrons. The lowest BCUT2D eigenvalue weighted by atomic mass is 10.2. The van der Waals surface area contributed by atoms with Crippen molar-refractivity contribution >= 4 is 23.4 Å². The van der Waals surface area contributed by atoms with E-state index in [4.69, 9.17) is 4.42 Å². The molecule has 98 valence electrons. The van der Waals surface area contributed by atoms with E-state index in [-0.39, 0.29) is 11.2 Å². The molecule has 19 heavy (non-hydrogen) atoms. The van der Waals surface area contributed by atoms with E-state index in [0.29, 0.717) is 13.0 Å². The minimum Gasteiger partial charge on any atom is -0.468 e. The van der Waals surface area contributed by atoms with Crippen molar-refractivity contribution in [1.29, 1.82) is 0 Å². The van der Waals surface area contributed by atoms with Crippen LogP contribution in [0.15, 0.2) is 52.0 Å². The Morgan fingerprint density at radius 2 is 2.16 bits per heavy atom. The predicted molar refractivity (Wildman–Crippen MR) is 76.4 cm³/mol. The van der Waals surface area contributed by atoms with Crippen molar-refractivity contribution in [3.8, 4) is 0 Å². The van der Waals surface area contributed by atoms with Gasteiger partial charge in [0.25, 0.3) is 0 Å². The van der Waals surface area contributed by atoms with Crippen LogP contribution in [0, 0.1) is 0 Å². The second-order valence-electron chi connectivity index (χ2n) is 4.43. The number of amides is 1. The summed E-state index contributed by atoms with van der Waals surface area (Å²) < 4.78 is 5.47. The van der Waals surface area contributed by atoms with E-state index in [2.05, 4.69) is 6.07 Å². The summed E-state index contributed by atoms with van der Waals surface area (Å²) in [5.74, 6) is 1.02. The van der Waals surface area contributed by atoms with Crippen LogP contribution in [-0.4, -0.2) is 12.5 Å². The summed E-state index contributed by atoms with van der Waals surface area (Å²) in [4.78, 5) is 15.4. The highest BCUT2D eigenvalue weighted by Crippen LogP contribution is 2.45. The summed E-state index contributed by atoms with van der Waals surface area (Å²) in [7, 11) is 0. The van der Waals surface area contributed by atoms with E-state index in [0.717, 1.165) is 16.3 Å². The van der Waals surface area contributed by atoms with Crippen molar-refractivity contribution in [2.75, 3.05) is 11.4 Å². The fraction of sp³-hybridized carbons (Fsp3) is 0.267. The highest BCUT2D eigenvalue weighted by atomic mass is 32.2. The Morgan fingerprint density at radius 3 is 2.89 bits per heavy atom. The molecule has 0 aliphatic carbocycles. The summed E-state index contributed by atoms with van der Waals surface area (Å²) >= 11 is 1.70. The summed E-state index contributed by atoms with van der Waals surface area (Å²) in [5.41, 5.74) is 1.01. The Kier molecular flexibility index (Phi) is 3.34. The molecule has 3 nitrogen and oxygen atoms in total. The number of nitrogens with zero attached hydrogens (tertiary/aromatic N) is 1. The summed E-state index contributed by atoms with van der Waals surface area (Å²) in [5, 5.41) is 0.0557. The monoisotopic (exact) mass is 273 g/mol. The number of hydrogen-bond donors (Lipinski definition) is 0. The number of fused-ring (bicyclic) bond motifs is 1. The number of para-hydroxylation sites is 1. The molecule has 1 aliphatic rings. The Hall–Kier alpha value is -1.68. The average molecular weight is 273 g/mol. The fourth-order valence-electron chi connectivity index (χ4n) is 2.36. The van der Waals surface area contributed by atoms with Crippen LogP contribution in [0.25, 0.3) is 0 Å². The van der Waals surface area contributed by atoms with Crippen LogP contribution in [-0.2, 0) is 4.79 Å². The lowest BCUT2D eigenvalue weighted by molar-refractivity contribution is -0.118. The van der Waals surface area contributed by atoms with Gasteiger partial charge in [-0.2, -0.15) is 0 Å². The van der Waals surface area contributed by atoms with Gasteiger partial charge in [-0.05, 0) is 31.2 Å². The van der Waals surface area contributed by atoms with E-state index in [1.807, 2.05) is 42.2 Å². The zero-order valence-electron chi connectivity index (χ0n) is 10.7. The van der Waals surface area contributed by atoms with Crippen LogP contribution < -0.4 is 4.90 Å². The molecule has 0 saturated heterocycles. The van der Waals surface area contributed by atoms with Crippen LogP contribution in [0.4, 0.5) is 5.69 Å². The molecule has 0 unspecified atom stereocenters. The van der Waals surface area contributed by atoms with E-state index in [1.54, 1.807) is 18.0 Å². The number of carbonyl (C=O) groups excluding carboxylic acids is 1. The zero-order valence-corrected chi connectivity index (χ0v) is 11.5. The molecule has 1 aliphatic heterocycles. The van der Waals surface area contributed by atoms with E-state index < -0.39 is 0 Å². The lowest BCUT2D eigenvalue weighted by Gasteiger charge is -2.20. The van der Waals surface area contributed by atoms with E-state index >= 15 is 0 Å². The van der Waals surface area contributed by atoms with Gasteiger partial charge in [-0.25, -0.2) is 0 Å². The van der Waals surface area contributed by atoms with Crippen molar-refractivity contribution in [3.05, 3.63) is 48.4 Å². The molecule has 0 saturated carbocycles. The predicted octanol–water partition coefficient (Wildman–Crippen LogP) is 3.87. The standard InChI is InChI=1S/C15H15NO2S/c1-2-16-11-6-3-4-8-13(11)19-14(10-15(16)17)12-7-5-9-18-12/h3-9,14H,2,10H2,1H3/t14-/m1/s1. The molecule has 0 N–H and O–H groups in total. The van der Waals surface area contributed by atoms with Gasteiger partial charge in [-0.3, -0.25) is 4.79 Å². The first-order valence-corrected chi connectivity index (χ1v) is 7.27. The van der Waals surface area contributed by atoms with Crippen molar-refractivity contribution in [2.45, 2.75) is 23.5 Å². The third-order valence-corrected chi connectivity index (χ3v) is 4.55. The van der Waals surface area contributed by atoms with Crippen LogP contribution >= 0.6 is 11.8 Å². The maximum absolute atomic E-state index is 12.4. The molecule has 0 fully saturated rings. The highest BCUT2D eigenvalue weighted by molar-refractivity contribution is 7.99. The Balaban J connectivity index is 2.02. The van der Waals surface area contributed by atoms with Gasteiger partial charge in [0.15, 0.2) is 0 Å². The number of thioether (sulfide) groups is 1. The van der Waals surface area contributed by atoms with Gasteiger partial charge in [0.1, 0.15) is 5.76 Å². The third kappa shape index (κ3) is 2.28. The number of carbonyl (C=O) groups is 1. The molecular weight excluding hydrogens is 258 g/mol. The second kappa shape index (κ2) is 5.13. The first-order chi connectivity index (χ1) is 9.29. The molecule has 1 amide bonds. The molecule has 0 bridgehead atoms. The van der Waals surface area contributed by atoms with Gasteiger partial charge >= 0.3 is 0 Å². The average Bonchev–Trinajstić information content (AvgIpc) is 2.90. The zero-order chi connectivity index (χ0) is 13.2. The molecule has 4 heteroatoms. The van der Waals surface area contributed by atoms with E-state index in [9.17, 15) is 4.79 Å². The van der Waals surface area contributed by atoms with Crippen LogP contribution in [0.2, 0.25) is 0 Å². The molecule has 2 aromatic rings. The van der Waals surface area contributed by atoms with Crippen LogP contribution in [0.1, 0.15) is 24.4 Å². The normalized spacial score (nSPS) is 19.1. The van der Waals surface area contributed by atoms with Gasteiger partial charge in [-0.15, -0.1) is 11.8 Å². The Morgan fingerprint density at radius 1 is 1.32 bits per heavy atom. The first-order valence-electron chi connectivity index (χ1n) is 6.39. The largest absolute Gasteiger partial charge is 0.468 e. The SMILES string of the molecule is CCN1C(=O)C[C@H](c2ccco2)Sc2ccccc21. The second-order valence-corrected chi connectivity index (χ2v) is 5.68. The number of benzene rings is 1. The Bertz CT molecular complexity index is 580. The van der Waals surface area contributed by atoms with Gasteiger partial charge in [0.2, 0.25) is 5.91 Å². The first kappa shape index (κ1) is 12.4. The quantitative estimate of drug-likeness (QED) is 0.833. The van der Waals surface area contributed by atoms with Crippen molar-refractivity contribution in [1.82, 2.24) is 0 Å². The van der Waals surface area contributed by atoms with Crippen molar-refractivity contribution in [2.24, 2.45) is 0 Å². The number of anilines is 1. The summed E-state index contributed by atoms with van der Waals surface area (Å²) in [6.45, 7) is 2.70. The third-order valence-electron chi connectivity index (χ3n) is 3.26.